The van der Waals surface area contributed by atoms with Crippen molar-refractivity contribution in [2.75, 3.05) is 5.32 Å². The molecule has 1 rings (SSSR count). The van der Waals surface area contributed by atoms with Crippen LogP contribution in [0.1, 0.15) is 19.4 Å². The predicted molar refractivity (Wildman–Crippen MR) is 66.7 cm³/mol. The van der Waals surface area contributed by atoms with Crippen molar-refractivity contribution < 1.29 is 4.79 Å². The molecular formula is C12H17N3O. The summed E-state index contributed by atoms with van der Waals surface area (Å²) in [6.45, 7) is 5.98. The lowest BCUT2D eigenvalue weighted by Gasteiger charge is -2.04. The Kier molecular flexibility index (Phi) is 4.51. The Bertz CT molecular complexity index is 368. The number of aryl methyl sites for hydroxylation is 1. The summed E-state index contributed by atoms with van der Waals surface area (Å²) in [5.74, 6) is 0.319. The van der Waals surface area contributed by atoms with Gasteiger partial charge in [0.05, 0.1) is 0 Å². The van der Waals surface area contributed by atoms with E-state index in [0.717, 1.165) is 11.3 Å². The number of nitrogens with zero attached hydrogens (tertiary/aromatic N) is 1. The van der Waals surface area contributed by atoms with Crippen LogP contribution in [0.15, 0.2) is 29.4 Å². The lowest BCUT2D eigenvalue weighted by molar-refractivity contribution is 0.252. The molecule has 0 spiro atoms. The van der Waals surface area contributed by atoms with E-state index < -0.39 is 0 Å². The van der Waals surface area contributed by atoms with E-state index in [-0.39, 0.29) is 6.03 Å². The molecule has 0 aromatic heterocycles. The molecule has 0 unspecified atom stereocenters. The average molecular weight is 219 g/mol. The average Bonchev–Trinajstić information content (AvgIpc) is 2.21. The maximum atomic E-state index is 11.3. The van der Waals surface area contributed by atoms with E-state index in [1.807, 2.05) is 45.0 Å². The monoisotopic (exact) mass is 219 g/mol. The van der Waals surface area contributed by atoms with Crippen LogP contribution in [0.5, 0.6) is 0 Å². The van der Waals surface area contributed by atoms with Crippen molar-refractivity contribution in [2.45, 2.75) is 20.8 Å². The van der Waals surface area contributed by atoms with Crippen molar-refractivity contribution in [2.24, 2.45) is 11.0 Å². The SMILES string of the molecule is Cc1ccc(NC(=O)N/N=C/C(C)C)cc1. The van der Waals surface area contributed by atoms with Gasteiger partial charge in [0.1, 0.15) is 0 Å². The fourth-order valence-electron chi connectivity index (χ4n) is 1.04. The zero-order valence-electron chi connectivity index (χ0n) is 9.82. The van der Waals surface area contributed by atoms with E-state index in [4.69, 9.17) is 0 Å². The Hall–Kier alpha value is -1.84. The molecule has 86 valence electrons. The van der Waals surface area contributed by atoms with E-state index in [0.29, 0.717) is 5.92 Å². The van der Waals surface area contributed by atoms with Crippen LogP contribution in [0.4, 0.5) is 10.5 Å². The number of urea groups is 1. The molecule has 0 fully saturated rings. The van der Waals surface area contributed by atoms with Crippen molar-refractivity contribution in [1.82, 2.24) is 5.43 Å². The molecule has 0 saturated heterocycles. The molecular weight excluding hydrogens is 202 g/mol. The van der Waals surface area contributed by atoms with Gasteiger partial charge in [-0.1, -0.05) is 31.5 Å². The first-order valence-electron chi connectivity index (χ1n) is 5.25. The van der Waals surface area contributed by atoms with Crippen molar-refractivity contribution in [3.63, 3.8) is 0 Å². The van der Waals surface area contributed by atoms with Crippen LogP contribution < -0.4 is 10.7 Å². The lowest BCUT2D eigenvalue weighted by Crippen LogP contribution is -2.24. The molecule has 0 saturated carbocycles. The highest BCUT2D eigenvalue weighted by molar-refractivity contribution is 5.89. The van der Waals surface area contributed by atoms with Gasteiger partial charge in [-0.05, 0) is 25.0 Å². The van der Waals surface area contributed by atoms with Crippen molar-refractivity contribution in [1.29, 1.82) is 0 Å². The minimum Gasteiger partial charge on any atom is -0.307 e. The molecule has 0 aliphatic rings. The van der Waals surface area contributed by atoms with Crippen molar-refractivity contribution in [3.8, 4) is 0 Å². The van der Waals surface area contributed by atoms with E-state index in [2.05, 4.69) is 15.8 Å². The number of rotatable bonds is 3. The molecule has 0 radical (unpaired) electrons. The van der Waals surface area contributed by atoms with Gasteiger partial charge in [-0.2, -0.15) is 5.10 Å². The number of hydrogen-bond acceptors (Lipinski definition) is 2. The molecule has 0 aliphatic heterocycles. The molecule has 0 atom stereocenters. The van der Waals surface area contributed by atoms with Gasteiger partial charge in [-0.15, -0.1) is 0 Å². The smallest absolute Gasteiger partial charge is 0.307 e. The summed E-state index contributed by atoms with van der Waals surface area (Å²) in [5.41, 5.74) is 4.31. The third-order valence-electron chi connectivity index (χ3n) is 1.85. The van der Waals surface area contributed by atoms with Gasteiger partial charge in [0.25, 0.3) is 0 Å². The first-order chi connectivity index (χ1) is 7.58. The minimum atomic E-state index is -0.333. The highest BCUT2D eigenvalue weighted by Crippen LogP contribution is 2.07. The van der Waals surface area contributed by atoms with Crippen LogP contribution in [0.2, 0.25) is 0 Å². The topological polar surface area (TPSA) is 53.5 Å². The van der Waals surface area contributed by atoms with E-state index in [1.165, 1.54) is 0 Å². The molecule has 0 bridgehead atoms. The molecule has 16 heavy (non-hydrogen) atoms. The van der Waals surface area contributed by atoms with Crippen LogP contribution in [0.3, 0.4) is 0 Å². The summed E-state index contributed by atoms with van der Waals surface area (Å²) in [5, 5.41) is 6.48. The summed E-state index contributed by atoms with van der Waals surface area (Å²) < 4.78 is 0. The summed E-state index contributed by atoms with van der Waals surface area (Å²) in [6, 6.07) is 7.24. The van der Waals surface area contributed by atoms with Crippen LogP contribution in [-0.2, 0) is 0 Å². The highest BCUT2D eigenvalue weighted by Gasteiger charge is 1.98. The first-order valence-corrected chi connectivity index (χ1v) is 5.25. The number of carbonyl (C=O) groups is 1. The van der Waals surface area contributed by atoms with E-state index in [9.17, 15) is 4.79 Å². The Labute approximate surface area is 95.7 Å². The Morgan fingerprint density at radius 1 is 1.31 bits per heavy atom. The van der Waals surface area contributed by atoms with Gasteiger partial charge in [0.2, 0.25) is 0 Å². The second-order valence-electron chi connectivity index (χ2n) is 3.95. The quantitative estimate of drug-likeness (QED) is 0.596. The maximum absolute atomic E-state index is 11.3. The number of amides is 2. The summed E-state index contributed by atoms with van der Waals surface area (Å²) in [4.78, 5) is 11.3. The van der Waals surface area contributed by atoms with Crippen LogP contribution >= 0.6 is 0 Å². The second kappa shape index (κ2) is 5.90. The Morgan fingerprint density at radius 2 is 1.94 bits per heavy atom. The van der Waals surface area contributed by atoms with Gasteiger partial charge in [0, 0.05) is 11.9 Å². The molecule has 0 aliphatic carbocycles. The fraction of sp³-hybridized carbons (Fsp3) is 0.333. The number of benzene rings is 1. The van der Waals surface area contributed by atoms with Gasteiger partial charge in [-0.25, -0.2) is 10.2 Å². The third-order valence-corrected chi connectivity index (χ3v) is 1.85. The van der Waals surface area contributed by atoms with Crippen LogP contribution in [0.25, 0.3) is 0 Å². The molecule has 2 N–H and O–H groups in total. The third kappa shape index (κ3) is 4.59. The molecule has 4 heteroatoms. The molecule has 2 amide bonds. The van der Waals surface area contributed by atoms with Crippen molar-refractivity contribution in [3.05, 3.63) is 29.8 Å². The van der Waals surface area contributed by atoms with Gasteiger partial charge in [-0.3, -0.25) is 0 Å². The summed E-state index contributed by atoms with van der Waals surface area (Å²) in [7, 11) is 0. The van der Waals surface area contributed by atoms with Crippen LogP contribution in [-0.4, -0.2) is 12.2 Å². The molecule has 4 nitrogen and oxygen atoms in total. The molecule has 0 heterocycles. The number of hydrazone groups is 1. The minimum absolute atomic E-state index is 0.319. The van der Waals surface area contributed by atoms with Crippen molar-refractivity contribution >= 4 is 17.9 Å². The summed E-state index contributed by atoms with van der Waals surface area (Å²) >= 11 is 0. The van der Waals surface area contributed by atoms with Gasteiger partial charge < -0.3 is 5.32 Å². The number of hydrogen-bond donors (Lipinski definition) is 2. The number of carbonyl (C=O) groups excluding carboxylic acids is 1. The van der Waals surface area contributed by atoms with Gasteiger partial charge >= 0.3 is 6.03 Å². The zero-order chi connectivity index (χ0) is 12.0. The molecule has 1 aromatic rings. The second-order valence-corrected chi connectivity index (χ2v) is 3.95. The first kappa shape index (κ1) is 12.2. The van der Waals surface area contributed by atoms with E-state index >= 15 is 0 Å². The lowest BCUT2D eigenvalue weighted by atomic mass is 10.2. The maximum Gasteiger partial charge on any atom is 0.339 e. The van der Waals surface area contributed by atoms with E-state index in [1.54, 1.807) is 6.21 Å². The van der Waals surface area contributed by atoms with Crippen LogP contribution in [0, 0.1) is 12.8 Å². The highest BCUT2D eigenvalue weighted by atomic mass is 16.2. The summed E-state index contributed by atoms with van der Waals surface area (Å²) in [6.07, 6.45) is 1.68. The fourth-order valence-corrected chi connectivity index (χ4v) is 1.04. The Balaban J connectivity index is 2.43. The zero-order valence-corrected chi connectivity index (χ0v) is 9.82. The standard InChI is InChI=1S/C12H17N3O/c1-9(2)8-13-15-12(16)14-11-6-4-10(3)5-7-11/h4-9H,1-3H3,(H2,14,15,16)/b13-8+. The van der Waals surface area contributed by atoms with Gasteiger partial charge in [0.15, 0.2) is 0 Å². The predicted octanol–water partition coefficient (Wildman–Crippen LogP) is 2.76. The number of nitrogens with one attached hydrogen (secondary N) is 2. The largest absolute Gasteiger partial charge is 0.339 e. The molecule has 1 aromatic carbocycles. The number of anilines is 1. The Morgan fingerprint density at radius 3 is 2.50 bits per heavy atom. The normalized spacial score (nSPS) is 10.8.